The van der Waals surface area contributed by atoms with Crippen molar-refractivity contribution in [3.05, 3.63) is 39.9 Å². The van der Waals surface area contributed by atoms with Gasteiger partial charge in [0.15, 0.2) is 0 Å². The second-order valence-electron chi connectivity index (χ2n) is 3.99. The van der Waals surface area contributed by atoms with E-state index >= 15 is 0 Å². The topological polar surface area (TPSA) is 64.4 Å². The number of rotatable bonds is 8. The van der Waals surface area contributed by atoms with E-state index in [1.807, 2.05) is 6.92 Å². The lowest BCUT2D eigenvalue weighted by atomic mass is 10.1. The Balaban J connectivity index is 2.38. The summed E-state index contributed by atoms with van der Waals surface area (Å²) in [5.41, 5.74) is 0.795. The molecule has 0 fully saturated rings. The molecule has 0 saturated carbocycles. The fourth-order valence-electron chi connectivity index (χ4n) is 1.55. The van der Waals surface area contributed by atoms with Crippen LogP contribution in [0.5, 0.6) is 0 Å². The number of halogens is 2. The Hall–Kier alpha value is -1.60. The number of hydrogen-bond acceptors (Lipinski definition) is 4. The largest absolute Gasteiger partial charge is 0.374 e. The third kappa shape index (κ3) is 5.71. The number of nitrogens with one attached hydrogen (secondary N) is 1. The van der Waals surface area contributed by atoms with Gasteiger partial charge in [-0.05, 0) is 12.5 Å². The van der Waals surface area contributed by atoms with E-state index in [4.69, 9.17) is 4.74 Å². The average molecular weight is 274 g/mol. The first-order valence-corrected chi connectivity index (χ1v) is 5.84. The maximum absolute atomic E-state index is 11.8. The molecule has 1 rings (SSSR count). The number of nitro groups is 1. The summed E-state index contributed by atoms with van der Waals surface area (Å²) < 4.78 is 28.3. The Bertz CT molecular complexity index is 416. The number of non-ortho nitro benzene ring substituents is 1. The molecule has 0 aliphatic rings. The predicted molar refractivity (Wildman–Crippen MR) is 66.3 cm³/mol. The van der Waals surface area contributed by atoms with Crippen molar-refractivity contribution in [3.8, 4) is 0 Å². The molecule has 0 aliphatic carbocycles. The van der Waals surface area contributed by atoms with Crippen LogP contribution in [0.15, 0.2) is 24.3 Å². The van der Waals surface area contributed by atoms with E-state index in [1.165, 1.54) is 12.1 Å². The minimum Gasteiger partial charge on any atom is -0.374 e. The Morgan fingerprint density at radius 2 is 2.21 bits per heavy atom. The molecule has 0 saturated heterocycles. The molecule has 1 unspecified atom stereocenters. The molecule has 0 aromatic heterocycles. The fourth-order valence-corrected chi connectivity index (χ4v) is 1.55. The van der Waals surface area contributed by atoms with Crippen molar-refractivity contribution >= 4 is 5.69 Å². The van der Waals surface area contributed by atoms with Gasteiger partial charge in [-0.2, -0.15) is 0 Å². The molecule has 1 aromatic carbocycles. The van der Waals surface area contributed by atoms with Crippen molar-refractivity contribution in [1.29, 1.82) is 0 Å². The molecule has 0 bridgehead atoms. The van der Waals surface area contributed by atoms with Gasteiger partial charge in [-0.1, -0.05) is 12.1 Å². The Morgan fingerprint density at radius 1 is 1.47 bits per heavy atom. The molecule has 0 heterocycles. The van der Waals surface area contributed by atoms with Crippen LogP contribution in [0.2, 0.25) is 0 Å². The molecule has 1 N–H and O–H groups in total. The van der Waals surface area contributed by atoms with Gasteiger partial charge in [0.25, 0.3) is 12.1 Å². The lowest BCUT2D eigenvalue weighted by Crippen LogP contribution is -2.24. The van der Waals surface area contributed by atoms with Crippen LogP contribution in [0.4, 0.5) is 14.5 Å². The highest BCUT2D eigenvalue weighted by Gasteiger charge is 2.10. The molecule has 106 valence electrons. The highest BCUT2D eigenvalue weighted by Crippen LogP contribution is 2.18. The van der Waals surface area contributed by atoms with Crippen molar-refractivity contribution < 1.29 is 18.4 Å². The van der Waals surface area contributed by atoms with E-state index in [-0.39, 0.29) is 18.3 Å². The van der Waals surface area contributed by atoms with Gasteiger partial charge in [0, 0.05) is 24.7 Å². The summed E-state index contributed by atoms with van der Waals surface area (Å²) in [5.74, 6) is 0. The summed E-state index contributed by atoms with van der Waals surface area (Å²) in [4.78, 5) is 10.2. The molecular formula is C12H16F2N2O3. The van der Waals surface area contributed by atoms with E-state index in [9.17, 15) is 18.9 Å². The van der Waals surface area contributed by atoms with E-state index in [2.05, 4.69) is 5.32 Å². The predicted octanol–water partition coefficient (Wildman–Crippen LogP) is 2.53. The summed E-state index contributed by atoms with van der Waals surface area (Å²) >= 11 is 0. The molecule has 1 aromatic rings. The normalized spacial score (nSPS) is 12.6. The lowest BCUT2D eigenvalue weighted by molar-refractivity contribution is -0.384. The molecule has 0 spiro atoms. The van der Waals surface area contributed by atoms with E-state index in [1.54, 1.807) is 12.1 Å². The zero-order valence-electron chi connectivity index (χ0n) is 10.5. The van der Waals surface area contributed by atoms with E-state index in [0.29, 0.717) is 6.54 Å². The summed E-state index contributed by atoms with van der Waals surface area (Å²) in [6, 6.07) is 6.17. The van der Waals surface area contributed by atoms with Crippen molar-refractivity contribution in [2.75, 3.05) is 19.8 Å². The smallest absolute Gasteiger partial charge is 0.269 e. The minimum atomic E-state index is -2.46. The van der Waals surface area contributed by atoms with Gasteiger partial charge in [-0.25, -0.2) is 8.78 Å². The van der Waals surface area contributed by atoms with Gasteiger partial charge in [0.05, 0.1) is 11.5 Å². The number of hydrogen-bond donors (Lipinski definition) is 1. The fraction of sp³-hybridized carbons (Fsp3) is 0.500. The molecule has 0 aliphatic heterocycles. The van der Waals surface area contributed by atoms with Gasteiger partial charge in [0.2, 0.25) is 0 Å². The lowest BCUT2D eigenvalue weighted by Gasteiger charge is -2.14. The van der Waals surface area contributed by atoms with Gasteiger partial charge >= 0.3 is 0 Å². The number of nitrogens with zero attached hydrogens (tertiary/aromatic N) is 1. The van der Waals surface area contributed by atoms with Crippen LogP contribution in [0.3, 0.4) is 0 Å². The number of nitro benzene ring substituents is 1. The van der Waals surface area contributed by atoms with Crippen LogP contribution >= 0.6 is 0 Å². The van der Waals surface area contributed by atoms with Gasteiger partial charge in [-0.15, -0.1) is 0 Å². The van der Waals surface area contributed by atoms with Gasteiger partial charge in [-0.3, -0.25) is 10.1 Å². The maximum Gasteiger partial charge on any atom is 0.269 e. The molecule has 1 atom stereocenters. The second-order valence-corrected chi connectivity index (χ2v) is 3.99. The zero-order chi connectivity index (χ0) is 14.3. The second kappa shape index (κ2) is 7.75. The first-order chi connectivity index (χ1) is 9.00. The molecule has 0 radical (unpaired) electrons. The molecule has 0 amide bonds. The van der Waals surface area contributed by atoms with Crippen LogP contribution in [0, 0.1) is 10.1 Å². The molecular weight excluding hydrogens is 258 g/mol. The summed E-state index contributed by atoms with van der Waals surface area (Å²) in [6.07, 6.45) is -2.46. The third-order valence-electron chi connectivity index (χ3n) is 2.52. The summed E-state index contributed by atoms with van der Waals surface area (Å²) in [6.45, 7) is 1.83. The van der Waals surface area contributed by atoms with E-state index < -0.39 is 18.0 Å². The monoisotopic (exact) mass is 274 g/mol. The van der Waals surface area contributed by atoms with Crippen LogP contribution < -0.4 is 5.32 Å². The van der Waals surface area contributed by atoms with Crippen molar-refractivity contribution in [1.82, 2.24) is 5.32 Å². The molecule has 7 heteroatoms. The third-order valence-corrected chi connectivity index (χ3v) is 2.52. The number of ether oxygens (including phenoxy) is 1. The standard InChI is InChI=1S/C12H16F2N2O3/c1-9(15-5-6-19-8-12(13)14)10-3-2-4-11(7-10)16(17)18/h2-4,7,9,12,15H,5-6,8H2,1H3. The highest BCUT2D eigenvalue weighted by atomic mass is 19.3. The van der Waals surface area contributed by atoms with Gasteiger partial charge < -0.3 is 10.1 Å². The number of benzene rings is 1. The van der Waals surface area contributed by atoms with Gasteiger partial charge in [0.1, 0.15) is 6.61 Å². The number of alkyl halides is 2. The Labute approximate surface area is 109 Å². The zero-order valence-corrected chi connectivity index (χ0v) is 10.5. The van der Waals surface area contributed by atoms with Crippen LogP contribution in [-0.2, 0) is 4.74 Å². The first-order valence-electron chi connectivity index (χ1n) is 5.84. The van der Waals surface area contributed by atoms with Crippen LogP contribution in [-0.4, -0.2) is 31.1 Å². The van der Waals surface area contributed by atoms with Crippen LogP contribution in [0.1, 0.15) is 18.5 Å². The highest BCUT2D eigenvalue weighted by molar-refractivity contribution is 5.35. The molecule has 5 nitrogen and oxygen atoms in total. The first kappa shape index (κ1) is 15.5. The Kier molecular flexibility index (Phi) is 6.31. The van der Waals surface area contributed by atoms with Crippen molar-refractivity contribution in [2.45, 2.75) is 19.4 Å². The quantitative estimate of drug-likeness (QED) is 0.449. The SMILES string of the molecule is CC(NCCOCC(F)F)c1cccc([N+](=O)[O-])c1. The van der Waals surface area contributed by atoms with Crippen LogP contribution in [0.25, 0.3) is 0 Å². The Morgan fingerprint density at radius 3 is 2.84 bits per heavy atom. The average Bonchev–Trinajstić information content (AvgIpc) is 2.37. The minimum absolute atomic E-state index is 0.0279. The van der Waals surface area contributed by atoms with E-state index in [0.717, 1.165) is 5.56 Å². The van der Waals surface area contributed by atoms with Crippen molar-refractivity contribution in [3.63, 3.8) is 0 Å². The summed E-state index contributed by atoms with van der Waals surface area (Å²) in [7, 11) is 0. The van der Waals surface area contributed by atoms with Crippen molar-refractivity contribution in [2.24, 2.45) is 0 Å². The maximum atomic E-state index is 11.8. The molecule has 19 heavy (non-hydrogen) atoms. The summed E-state index contributed by atoms with van der Waals surface area (Å²) in [5, 5.41) is 13.7.